The van der Waals surface area contributed by atoms with Gasteiger partial charge in [-0.1, -0.05) is 24.3 Å². The fourth-order valence-corrected chi connectivity index (χ4v) is 3.57. The molecule has 108 valence electrons. The first-order chi connectivity index (χ1) is 10.3. The number of amides is 1. The molecule has 4 rings (SSSR count). The number of hydrogen-bond donors (Lipinski definition) is 1. The minimum atomic E-state index is 0.0953. The van der Waals surface area contributed by atoms with E-state index in [0.29, 0.717) is 0 Å². The molecule has 1 atom stereocenters. The molecule has 1 aliphatic heterocycles. The summed E-state index contributed by atoms with van der Waals surface area (Å²) in [7, 11) is 0. The number of carbonyl (C=O) groups excluding carboxylic acids is 1. The molecule has 1 amide bonds. The van der Waals surface area contributed by atoms with Crippen LogP contribution in [-0.4, -0.2) is 21.7 Å². The van der Waals surface area contributed by atoms with Crippen molar-refractivity contribution in [3.05, 3.63) is 53.3 Å². The molecule has 1 aliphatic carbocycles. The summed E-state index contributed by atoms with van der Waals surface area (Å²) in [6.07, 6.45) is 5.45. The van der Waals surface area contributed by atoms with Crippen molar-refractivity contribution in [2.45, 2.75) is 38.3 Å². The van der Waals surface area contributed by atoms with Crippen LogP contribution >= 0.6 is 0 Å². The third-order valence-corrected chi connectivity index (χ3v) is 4.72. The Labute approximate surface area is 124 Å². The summed E-state index contributed by atoms with van der Waals surface area (Å²) in [5.74, 6) is 0.304. The molecule has 4 heteroatoms. The van der Waals surface area contributed by atoms with Crippen molar-refractivity contribution in [2.75, 3.05) is 0 Å². The van der Waals surface area contributed by atoms with E-state index in [1.54, 1.807) is 0 Å². The minimum Gasteiger partial charge on any atom is -0.352 e. The molecule has 0 radical (unpaired) electrons. The van der Waals surface area contributed by atoms with Crippen LogP contribution in [0.15, 0.2) is 36.5 Å². The number of fused-ring (bicyclic) bond motifs is 2. The Hall–Kier alpha value is -2.10. The first-order valence-corrected chi connectivity index (χ1v) is 7.67. The Kier molecular flexibility index (Phi) is 3.02. The average Bonchev–Trinajstić information content (AvgIpc) is 3.11. The van der Waals surface area contributed by atoms with Crippen molar-refractivity contribution in [1.82, 2.24) is 15.1 Å². The maximum atomic E-state index is 12.5. The number of hydrogen-bond acceptors (Lipinski definition) is 2. The predicted octanol–water partition coefficient (Wildman–Crippen LogP) is 1.73. The summed E-state index contributed by atoms with van der Waals surface area (Å²) in [5, 5.41) is 7.52. The highest BCUT2D eigenvalue weighted by molar-refractivity contribution is 5.79. The SMILES string of the molecule is O=C(NC1Cc2ccccc2C1)C1CCn2nccc2C1. The molecule has 2 aromatic rings. The smallest absolute Gasteiger partial charge is 0.223 e. The van der Waals surface area contributed by atoms with Gasteiger partial charge >= 0.3 is 0 Å². The van der Waals surface area contributed by atoms with Crippen LogP contribution < -0.4 is 5.32 Å². The number of aromatic nitrogens is 2. The van der Waals surface area contributed by atoms with Gasteiger partial charge in [-0.15, -0.1) is 0 Å². The molecule has 0 fully saturated rings. The third kappa shape index (κ3) is 2.35. The number of carbonyl (C=O) groups is 1. The van der Waals surface area contributed by atoms with Crippen molar-refractivity contribution in [1.29, 1.82) is 0 Å². The summed E-state index contributed by atoms with van der Waals surface area (Å²) < 4.78 is 2.01. The van der Waals surface area contributed by atoms with Gasteiger partial charge in [-0.2, -0.15) is 5.10 Å². The van der Waals surface area contributed by atoms with Crippen LogP contribution in [0.2, 0.25) is 0 Å². The lowest BCUT2D eigenvalue weighted by molar-refractivity contribution is -0.126. The van der Waals surface area contributed by atoms with E-state index in [1.165, 1.54) is 16.8 Å². The van der Waals surface area contributed by atoms with E-state index in [2.05, 4.69) is 34.7 Å². The Balaban J connectivity index is 1.40. The second kappa shape index (κ2) is 5.02. The van der Waals surface area contributed by atoms with Gasteiger partial charge < -0.3 is 5.32 Å². The Morgan fingerprint density at radius 1 is 1.14 bits per heavy atom. The highest BCUT2D eigenvalue weighted by atomic mass is 16.1. The number of rotatable bonds is 2. The maximum absolute atomic E-state index is 12.5. The topological polar surface area (TPSA) is 46.9 Å². The van der Waals surface area contributed by atoms with E-state index in [1.807, 2.05) is 16.9 Å². The van der Waals surface area contributed by atoms with Crippen LogP contribution in [-0.2, 0) is 30.6 Å². The van der Waals surface area contributed by atoms with Crippen LogP contribution in [0.25, 0.3) is 0 Å². The number of benzene rings is 1. The fourth-order valence-electron chi connectivity index (χ4n) is 3.57. The lowest BCUT2D eigenvalue weighted by Crippen LogP contribution is -2.41. The molecule has 1 aromatic heterocycles. The first kappa shape index (κ1) is 12.6. The Morgan fingerprint density at radius 3 is 2.67 bits per heavy atom. The Bertz CT molecular complexity index is 651. The first-order valence-electron chi connectivity index (χ1n) is 7.67. The van der Waals surface area contributed by atoms with Crippen LogP contribution in [0.5, 0.6) is 0 Å². The van der Waals surface area contributed by atoms with Gasteiger partial charge in [0.25, 0.3) is 0 Å². The van der Waals surface area contributed by atoms with E-state index < -0.39 is 0 Å². The van der Waals surface area contributed by atoms with E-state index in [4.69, 9.17) is 0 Å². The average molecular weight is 281 g/mol. The molecule has 1 aromatic carbocycles. The highest BCUT2D eigenvalue weighted by Crippen LogP contribution is 2.24. The minimum absolute atomic E-state index is 0.0953. The molecule has 0 spiro atoms. The normalized spacial score (nSPS) is 20.9. The van der Waals surface area contributed by atoms with Crippen LogP contribution in [0.1, 0.15) is 23.2 Å². The standard InChI is InChI=1S/C17H19N3O/c21-17(14-6-8-20-16(11-14)5-7-18-20)19-15-9-12-3-1-2-4-13(12)10-15/h1-5,7,14-15H,6,8-11H2,(H,19,21). The van der Waals surface area contributed by atoms with Gasteiger partial charge in [0, 0.05) is 36.8 Å². The molecule has 21 heavy (non-hydrogen) atoms. The zero-order valence-electron chi connectivity index (χ0n) is 12.0. The molecule has 2 aliphatic rings. The zero-order valence-corrected chi connectivity index (χ0v) is 12.0. The van der Waals surface area contributed by atoms with Crippen molar-refractivity contribution >= 4 is 5.91 Å². The molecule has 0 saturated carbocycles. The zero-order chi connectivity index (χ0) is 14.2. The lowest BCUT2D eigenvalue weighted by atomic mass is 9.95. The summed E-state index contributed by atoms with van der Waals surface area (Å²) in [4.78, 5) is 12.5. The largest absolute Gasteiger partial charge is 0.352 e. The molecule has 0 bridgehead atoms. The monoisotopic (exact) mass is 281 g/mol. The van der Waals surface area contributed by atoms with Gasteiger partial charge in [0.15, 0.2) is 0 Å². The van der Waals surface area contributed by atoms with Gasteiger partial charge in [0.1, 0.15) is 0 Å². The number of aryl methyl sites for hydroxylation is 1. The van der Waals surface area contributed by atoms with E-state index >= 15 is 0 Å². The lowest BCUT2D eigenvalue weighted by Gasteiger charge is -2.24. The van der Waals surface area contributed by atoms with Crippen LogP contribution in [0.3, 0.4) is 0 Å². The Morgan fingerprint density at radius 2 is 1.90 bits per heavy atom. The van der Waals surface area contributed by atoms with Crippen molar-refractivity contribution < 1.29 is 4.79 Å². The number of nitrogens with one attached hydrogen (secondary N) is 1. The summed E-state index contributed by atoms with van der Waals surface area (Å²) >= 11 is 0. The third-order valence-electron chi connectivity index (χ3n) is 4.72. The van der Waals surface area contributed by atoms with E-state index in [9.17, 15) is 4.79 Å². The maximum Gasteiger partial charge on any atom is 0.223 e. The summed E-state index contributed by atoms with van der Waals surface area (Å²) in [6.45, 7) is 0.852. The number of nitrogens with zero attached hydrogens (tertiary/aromatic N) is 2. The predicted molar refractivity (Wildman–Crippen MR) is 79.8 cm³/mol. The molecule has 2 heterocycles. The molecule has 4 nitrogen and oxygen atoms in total. The van der Waals surface area contributed by atoms with E-state index in [-0.39, 0.29) is 17.9 Å². The van der Waals surface area contributed by atoms with Gasteiger partial charge in [-0.05, 0) is 36.5 Å². The van der Waals surface area contributed by atoms with Crippen LogP contribution in [0.4, 0.5) is 0 Å². The fraction of sp³-hybridized carbons (Fsp3) is 0.412. The molecule has 1 unspecified atom stereocenters. The molecular formula is C17H19N3O. The van der Waals surface area contributed by atoms with Crippen molar-refractivity contribution in [2.24, 2.45) is 5.92 Å². The molecule has 0 saturated heterocycles. The highest BCUT2D eigenvalue weighted by Gasteiger charge is 2.28. The van der Waals surface area contributed by atoms with Crippen molar-refractivity contribution in [3.63, 3.8) is 0 Å². The second-order valence-corrected chi connectivity index (χ2v) is 6.12. The van der Waals surface area contributed by atoms with Gasteiger partial charge in [0.05, 0.1) is 0 Å². The van der Waals surface area contributed by atoms with Gasteiger partial charge in [-0.25, -0.2) is 0 Å². The van der Waals surface area contributed by atoms with Crippen LogP contribution in [0, 0.1) is 5.92 Å². The summed E-state index contributed by atoms with van der Waals surface area (Å²) in [6, 6.07) is 10.8. The molecular weight excluding hydrogens is 262 g/mol. The molecule has 1 N–H and O–H groups in total. The van der Waals surface area contributed by atoms with E-state index in [0.717, 1.165) is 32.2 Å². The second-order valence-electron chi connectivity index (χ2n) is 6.12. The van der Waals surface area contributed by atoms with Gasteiger partial charge in [0.2, 0.25) is 5.91 Å². The van der Waals surface area contributed by atoms with Crippen molar-refractivity contribution in [3.8, 4) is 0 Å². The van der Waals surface area contributed by atoms with Gasteiger partial charge in [-0.3, -0.25) is 9.48 Å². The summed E-state index contributed by atoms with van der Waals surface area (Å²) in [5.41, 5.74) is 3.94. The quantitative estimate of drug-likeness (QED) is 0.911.